The molecular formula is C18H32N2. The lowest BCUT2D eigenvalue weighted by Crippen LogP contribution is -2.19. The molecule has 1 heterocycles. The Morgan fingerprint density at radius 3 is 2.35 bits per heavy atom. The van der Waals surface area contributed by atoms with Gasteiger partial charge in [0.2, 0.25) is 0 Å². The van der Waals surface area contributed by atoms with E-state index in [0.29, 0.717) is 12.0 Å². The van der Waals surface area contributed by atoms with Crippen LogP contribution in [-0.2, 0) is 0 Å². The molecule has 2 aliphatic rings. The molecule has 3 atom stereocenters. The van der Waals surface area contributed by atoms with E-state index in [1.165, 1.54) is 56.4 Å². The van der Waals surface area contributed by atoms with Gasteiger partial charge in [-0.25, -0.2) is 0 Å². The summed E-state index contributed by atoms with van der Waals surface area (Å²) in [6.07, 6.45) is 12.0. The van der Waals surface area contributed by atoms with Gasteiger partial charge >= 0.3 is 0 Å². The molecule has 114 valence electrons. The minimum Gasteiger partial charge on any atom is -0.288 e. The maximum atomic E-state index is 5.03. The van der Waals surface area contributed by atoms with E-state index in [1.807, 2.05) is 0 Å². The fourth-order valence-corrected chi connectivity index (χ4v) is 3.26. The summed E-state index contributed by atoms with van der Waals surface area (Å²) in [4.78, 5) is 9.97. The Labute approximate surface area is 125 Å². The molecule has 0 spiro atoms. The van der Waals surface area contributed by atoms with Crippen molar-refractivity contribution in [3.63, 3.8) is 0 Å². The average Bonchev–Trinajstić information content (AvgIpc) is 2.54. The first kappa shape index (κ1) is 15.7. The second-order valence-corrected chi connectivity index (χ2v) is 7.05. The summed E-state index contributed by atoms with van der Waals surface area (Å²) in [5.41, 5.74) is 2.68. The number of hydrogen-bond acceptors (Lipinski definition) is 2. The summed E-state index contributed by atoms with van der Waals surface area (Å²) in [5.74, 6) is 1.36. The minimum absolute atomic E-state index is 0.439. The molecule has 0 amide bonds. The van der Waals surface area contributed by atoms with E-state index in [4.69, 9.17) is 9.98 Å². The third-order valence-electron chi connectivity index (χ3n) is 4.99. The SMILES string of the molecule is CC1CCCCCCCCC2=NC(C)C(C)CN=C2C1. The third-order valence-corrected chi connectivity index (χ3v) is 4.99. The lowest BCUT2D eigenvalue weighted by molar-refractivity contribution is 0.492. The van der Waals surface area contributed by atoms with Crippen LogP contribution in [0, 0.1) is 11.8 Å². The van der Waals surface area contributed by atoms with Crippen LogP contribution in [0.1, 0.15) is 78.6 Å². The van der Waals surface area contributed by atoms with Gasteiger partial charge in [0.15, 0.2) is 0 Å². The summed E-state index contributed by atoms with van der Waals surface area (Å²) in [6.45, 7) is 7.91. The Hall–Kier alpha value is -0.660. The monoisotopic (exact) mass is 276 g/mol. The molecule has 0 aromatic rings. The fourth-order valence-electron chi connectivity index (χ4n) is 3.26. The Morgan fingerprint density at radius 2 is 1.55 bits per heavy atom. The molecule has 1 aliphatic carbocycles. The topological polar surface area (TPSA) is 24.7 Å². The molecular weight excluding hydrogens is 244 g/mol. The zero-order chi connectivity index (χ0) is 14.4. The Kier molecular flexibility index (Phi) is 6.25. The second-order valence-electron chi connectivity index (χ2n) is 7.05. The van der Waals surface area contributed by atoms with Gasteiger partial charge in [-0.2, -0.15) is 0 Å². The van der Waals surface area contributed by atoms with Crippen molar-refractivity contribution in [2.45, 2.75) is 84.6 Å². The maximum absolute atomic E-state index is 5.03. The van der Waals surface area contributed by atoms with E-state index in [9.17, 15) is 0 Å². The molecule has 1 aliphatic heterocycles. The zero-order valence-corrected chi connectivity index (χ0v) is 13.7. The first-order valence-electron chi connectivity index (χ1n) is 8.77. The van der Waals surface area contributed by atoms with Gasteiger partial charge in [0.25, 0.3) is 0 Å². The first-order chi connectivity index (χ1) is 9.66. The molecule has 0 aromatic heterocycles. The first-order valence-corrected chi connectivity index (χ1v) is 8.77. The van der Waals surface area contributed by atoms with E-state index in [-0.39, 0.29) is 0 Å². The standard InChI is InChI=1S/C18H32N2/c1-14-10-8-6-4-5-7-9-11-17-18(12-14)19-13-15(2)16(3)20-17/h14-16H,4-13H2,1-3H3. The van der Waals surface area contributed by atoms with E-state index in [0.717, 1.165) is 25.3 Å². The number of fused-ring (bicyclic) bond motifs is 1. The van der Waals surface area contributed by atoms with Gasteiger partial charge in [0, 0.05) is 6.54 Å². The lowest BCUT2D eigenvalue weighted by atomic mass is 9.92. The smallest absolute Gasteiger partial charge is 0.0561 e. The van der Waals surface area contributed by atoms with Gasteiger partial charge in [-0.05, 0) is 38.0 Å². The van der Waals surface area contributed by atoms with E-state index in [1.54, 1.807) is 0 Å². The summed E-state index contributed by atoms with van der Waals surface area (Å²) < 4.78 is 0. The van der Waals surface area contributed by atoms with Crippen LogP contribution in [0.2, 0.25) is 0 Å². The van der Waals surface area contributed by atoms with Gasteiger partial charge < -0.3 is 0 Å². The predicted octanol–water partition coefficient (Wildman–Crippen LogP) is 5.07. The molecule has 1 saturated carbocycles. The molecule has 20 heavy (non-hydrogen) atoms. The number of hydrogen-bond donors (Lipinski definition) is 0. The van der Waals surface area contributed by atoms with Crippen molar-refractivity contribution in [1.29, 1.82) is 0 Å². The molecule has 2 rings (SSSR count). The van der Waals surface area contributed by atoms with Gasteiger partial charge in [-0.3, -0.25) is 9.98 Å². The van der Waals surface area contributed by atoms with Crippen LogP contribution in [-0.4, -0.2) is 24.0 Å². The van der Waals surface area contributed by atoms with Crippen LogP contribution >= 0.6 is 0 Å². The van der Waals surface area contributed by atoms with Crippen molar-refractivity contribution in [2.75, 3.05) is 6.54 Å². The van der Waals surface area contributed by atoms with Gasteiger partial charge in [-0.1, -0.05) is 52.4 Å². The van der Waals surface area contributed by atoms with E-state index >= 15 is 0 Å². The van der Waals surface area contributed by atoms with Crippen molar-refractivity contribution >= 4 is 11.4 Å². The van der Waals surface area contributed by atoms with Crippen molar-refractivity contribution < 1.29 is 0 Å². The highest BCUT2D eigenvalue weighted by atomic mass is 14.9. The largest absolute Gasteiger partial charge is 0.288 e. The molecule has 3 unspecified atom stereocenters. The molecule has 0 saturated heterocycles. The Balaban J connectivity index is 2.12. The Bertz CT molecular complexity index is 356. The normalized spacial score (nSPS) is 33.9. The molecule has 0 N–H and O–H groups in total. The van der Waals surface area contributed by atoms with Crippen LogP contribution in [0.5, 0.6) is 0 Å². The highest BCUT2D eigenvalue weighted by molar-refractivity contribution is 6.42. The fraction of sp³-hybridized carbons (Fsp3) is 0.889. The van der Waals surface area contributed by atoms with Gasteiger partial charge in [0.1, 0.15) is 0 Å². The molecule has 2 nitrogen and oxygen atoms in total. The Morgan fingerprint density at radius 1 is 0.850 bits per heavy atom. The van der Waals surface area contributed by atoms with E-state index in [2.05, 4.69) is 20.8 Å². The van der Waals surface area contributed by atoms with Crippen LogP contribution in [0.25, 0.3) is 0 Å². The molecule has 2 heteroatoms. The maximum Gasteiger partial charge on any atom is 0.0561 e. The second kappa shape index (κ2) is 7.95. The zero-order valence-electron chi connectivity index (χ0n) is 13.7. The van der Waals surface area contributed by atoms with Crippen molar-refractivity contribution in [3.8, 4) is 0 Å². The van der Waals surface area contributed by atoms with Gasteiger partial charge in [-0.15, -0.1) is 0 Å². The number of nitrogens with zero attached hydrogens (tertiary/aromatic N) is 2. The molecule has 1 fully saturated rings. The average molecular weight is 276 g/mol. The molecule has 0 radical (unpaired) electrons. The van der Waals surface area contributed by atoms with Crippen LogP contribution in [0.4, 0.5) is 0 Å². The highest BCUT2D eigenvalue weighted by Gasteiger charge is 2.20. The van der Waals surface area contributed by atoms with Crippen molar-refractivity contribution in [2.24, 2.45) is 21.8 Å². The number of aliphatic imine (C=N–C) groups is 2. The summed E-state index contributed by atoms with van der Waals surface area (Å²) in [5, 5.41) is 0. The molecule has 0 bridgehead atoms. The third kappa shape index (κ3) is 4.71. The van der Waals surface area contributed by atoms with Crippen LogP contribution in [0.15, 0.2) is 9.98 Å². The van der Waals surface area contributed by atoms with Crippen molar-refractivity contribution in [3.05, 3.63) is 0 Å². The van der Waals surface area contributed by atoms with Crippen LogP contribution in [0.3, 0.4) is 0 Å². The minimum atomic E-state index is 0.439. The van der Waals surface area contributed by atoms with Gasteiger partial charge in [0.05, 0.1) is 17.5 Å². The highest BCUT2D eigenvalue weighted by Crippen LogP contribution is 2.22. The van der Waals surface area contributed by atoms with Crippen LogP contribution < -0.4 is 0 Å². The van der Waals surface area contributed by atoms with E-state index < -0.39 is 0 Å². The summed E-state index contributed by atoms with van der Waals surface area (Å²) in [7, 11) is 0. The predicted molar refractivity (Wildman–Crippen MR) is 89.1 cm³/mol. The van der Waals surface area contributed by atoms with Crippen molar-refractivity contribution in [1.82, 2.24) is 0 Å². The molecule has 0 aromatic carbocycles. The lowest BCUT2D eigenvalue weighted by Gasteiger charge is -2.16. The summed E-state index contributed by atoms with van der Waals surface area (Å²) in [6, 6.07) is 0.439. The number of rotatable bonds is 0. The summed E-state index contributed by atoms with van der Waals surface area (Å²) >= 11 is 0. The quantitative estimate of drug-likeness (QED) is 0.590.